The third-order valence-electron chi connectivity index (χ3n) is 4.31. The highest BCUT2D eigenvalue weighted by atomic mass is 16.6. The van der Waals surface area contributed by atoms with Crippen LogP contribution in [0.4, 0.5) is 0 Å². The van der Waals surface area contributed by atoms with E-state index in [-0.39, 0.29) is 6.04 Å². The van der Waals surface area contributed by atoms with Crippen molar-refractivity contribution in [1.29, 1.82) is 0 Å². The molecular weight excluding hydrogens is 278 g/mol. The van der Waals surface area contributed by atoms with Crippen LogP contribution >= 0.6 is 0 Å². The molecule has 1 unspecified atom stereocenters. The van der Waals surface area contributed by atoms with E-state index in [9.17, 15) is 0 Å². The Balaban J connectivity index is 1.74. The molecule has 1 atom stereocenters. The fourth-order valence-electron chi connectivity index (χ4n) is 3.19. The van der Waals surface area contributed by atoms with E-state index in [2.05, 4.69) is 29.6 Å². The zero-order chi connectivity index (χ0) is 14.9. The van der Waals surface area contributed by atoms with Gasteiger partial charge in [-0.3, -0.25) is 0 Å². The Hall–Kier alpha value is -2.20. The summed E-state index contributed by atoms with van der Waals surface area (Å²) in [5.41, 5.74) is 3.85. The molecule has 4 rings (SSSR count). The van der Waals surface area contributed by atoms with E-state index in [0.29, 0.717) is 13.2 Å². The molecule has 4 nitrogen and oxygen atoms in total. The van der Waals surface area contributed by atoms with Crippen LogP contribution in [0.3, 0.4) is 0 Å². The van der Waals surface area contributed by atoms with Crippen LogP contribution in [-0.2, 0) is 6.42 Å². The van der Waals surface area contributed by atoms with Gasteiger partial charge in [-0.05, 0) is 47.4 Å². The number of ether oxygens (including phenoxy) is 3. The van der Waals surface area contributed by atoms with Gasteiger partial charge in [0.2, 0.25) is 0 Å². The molecule has 0 spiro atoms. The van der Waals surface area contributed by atoms with Crippen LogP contribution in [0.2, 0.25) is 0 Å². The maximum Gasteiger partial charge on any atom is 0.161 e. The minimum absolute atomic E-state index is 0.186. The molecule has 0 radical (unpaired) electrons. The Bertz CT molecular complexity index is 681. The minimum atomic E-state index is 0.186. The lowest BCUT2D eigenvalue weighted by Crippen LogP contribution is -2.31. The molecule has 2 heterocycles. The molecule has 2 aliphatic heterocycles. The average Bonchev–Trinajstić information content (AvgIpc) is 2.59. The number of fused-ring (bicyclic) bond motifs is 2. The van der Waals surface area contributed by atoms with E-state index >= 15 is 0 Å². The van der Waals surface area contributed by atoms with Crippen LogP contribution in [-0.4, -0.2) is 26.9 Å². The number of methoxy groups -OCH3 is 1. The van der Waals surface area contributed by atoms with Gasteiger partial charge in [0.1, 0.15) is 19.0 Å². The van der Waals surface area contributed by atoms with E-state index in [1.165, 1.54) is 16.7 Å². The van der Waals surface area contributed by atoms with Crippen molar-refractivity contribution in [3.05, 3.63) is 53.1 Å². The van der Waals surface area contributed by atoms with E-state index < -0.39 is 0 Å². The lowest BCUT2D eigenvalue weighted by Gasteiger charge is -2.30. The summed E-state index contributed by atoms with van der Waals surface area (Å²) in [6, 6.07) is 12.7. The van der Waals surface area contributed by atoms with E-state index in [0.717, 1.165) is 30.2 Å². The summed E-state index contributed by atoms with van der Waals surface area (Å²) in [5.74, 6) is 2.61. The van der Waals surface area contributed by atoms with Crippen molar-refractivity contribution < 1.29 is 14.2 Å². The highest BCUT2D eigenvalue weighted by molar-refractivity contribution is 5.52. The molecular formula is C18H19NO3. The molecule has 22 heavy (non-hydrogen) atoms. The molecule has 0 amide bonds. The van der Waals surface area contributed by atoms with Crippen molar-refractivity contribution in [3.8, 4) is 17.2 Å². The SMILES string of the molecule is COc1ccc(C2NCCc3cc4c(cc32)OCCO4)cc1. The Morgan fingerprint density at radius 1 is 1.05 bits per heavy atom. The molecule has 0 saturated heterocycles. The van der Waals surface area contributed by atoms with Crippen LogP contribution in [0.5, 0.6) is 17.2 Å². The van der Waals surface area contributed by atoms with Gasteiger partial charge in [-0.25, -0.2) is 0 Å². The Kier molecular flexibility index (Phi) is 3.39. The minimum Gasteiger partial charge on any atom is -0.497 e. The van der Waals surface area contributed by atoms with Gasteiger partial charge in [0.15, 0.2) is 11.5 Å². The van der Waals surface area contributed by atoms with Crippen molar-refractivity contribution in [3.63, 3.8) is 0 Å². The normalized spacial score (nSPS) is 19.4. The molecule has 114 valence electrons. The van der Waals surface area contributed by atoms with Crippen LogP contribution in [0.25, 0.3) is 0 Å². The molecule has 0 aliphatic carbocycles. The molecule has 0 bridgehead atoms. The van der Waals surface area contributed by atoms with Gasteiger partial charge in [0.05, 0.1) is 13.2 Å². The zero-order valence-electron chi connectivity index (χ0n) is 12.6. The highest BCUT2D eigenvalue weighted by Crippen LogP contribution is 2.39. The van der Waals surface area contributed by atoms with E-state index in [1.807, 2.05) is 12.1 Å². The predicted molar refractivity (Wildman–Crippen MR) is 84.0 cm³/mol. The maximum atomic E-state index is 5.74. The molecule has 0 aromatic heterocycles. The molecule has 1 N–H and O–H groups in total. The second kappa shape index (κ2) is 5.54. The first kappa shape index (κ1) is 13.5. The maximum absolute atomic E-state index is 5.74. The fraction of sp³-hybridized carbons (Fsp3) is 0.333. The van der Waals surface area contributed by atoms with Gasteiger partial charge in [-0.1, -0.05) is 12.1 Å². The topological polar surface area (TPSA) is 39.7 Å². The summed E-state index contributed by atoms with van der Waals surface area (Å²) in [4.78, 5) is 0. The van der Waals surface area contributed by atoms with Gasteiger partial charge in [0.25, 0.3) is 0 Å². The van der Waals surface area contributed by atoms with Crippen LogP contribution in [0, 0.1) is 0 Å². The molecule has 4 heteroatoms. The van der Waals surface area contributed by atoms with Crippen LogP contribution < -0.4 is 19.5 Å². The van der Waals surface area contributed by atoms with Gasteiger partial charge in [-0.2, -0.15) is 0 Å². The smallest absolute Gasteiger partial charge is 0.161 e. The number of benzene rings is 2. The quantitative estimate of drug-likeness (QED) is 0.925. The lowest BCUT2D eigenvalue weighted by molar-refractivity contribution is 0.171. The number of nitrogens with one attached hydrogen (secondary N) is 1. The number of hydrogen-bond acceptors (Lipinski definition) is 4. The Labute approximate surface area is 130 Å². The summed E-state index contributed by atoms with van der Waals surface area (Å²) in [7, 11) is 1.69. The summed E-state index contributed by atoms with van der Waals surface area (Å²) in [5, 5.41) is 3.60. The lowest BCUT2D eigenvalue weighted by atomic mass is 9.89. The summed E-state index contributed by atoms with van der Waals surface area (Å²) in [6.07, 6.45) is 1.01. The fourth-order valence-corrected chi connectivity index (χ4v) is 3.19. The first-order chi connectivity index (χ1) is 10.8. The van der Waals surface area contributed by atoms with Crippen molar-refractivity contribution in [2.75, 3.05) is 26.9 Å². The van der Waals surface area contributed by atoms with Crippen molar-refractivity contribution in [2.45, 2.75) is 12.5 Å². The highest BCUT2D eigenvalue weighted by Gasteiger charge is 2.25. The largest absolute Gasteiger partial charge is 0.497 e. The summed E-state index contributed by atoms with van der Waals surface area (Å²) >= 11 is 0. The van der Waals surface area contributed by atoms with Crippen molar-refractivity contribution in [1.82, 2.24) is 5.32 Å². The molecule has 0 fully saturated rings. The third-order valence-corrected chi connectivity index (χ3v) is 4.31. The molecule has 0 saturated carbocycles. The number of rotatable bonds is 2. The number of hydrogen-bond donors (Lipinski definition) is 1. The third kappa shape index (κ3) is 2.29. The van der Waals surface area contributed by atoms with Gasteiger partial charge >= 0.3 is 0 Å². The zero-order valence-corrected chi connectivity index (χ0v) is 12.6. The second-order valence-electron chi connectivity index (χ2n) is 5.60. The van der Waals surface area contributed by atoms with E-state index in [1.54, 1.807) is 7.11 Å². The van der Waals surface area contributed by atoms with Crippen molar-refractivity contribution in [2.24, 2.45) is 0 Å². The Morgan fingerprint density at radius 3 is 2.50 bits per heavy atom. The summed E-state index contributed by atoms with van der Waals surface area (Å²) < 4.78 is 16.7. The van der Waals surface area contributed by atoms with Gasteiger partial charge in [-0.15, -0.1) is 0 Å². The van der Waals surface area contributed by atoms with Gasteiger partial charge < -0.3 is 19.5 Å². The Morgan fingerprint density at radius 2 is 1.77 bits per heavy atom. The van der Waals surface area contributed by atoms with Crippen LogP contribution in [0.1, 0.15) is 22.7 Å². The molecule has 2 aromatic carbocycles. The average molecular weight is 297 g/mol. The van der Waals surface area contributed by atoms with E-state index in [4.69, 9.17) is 14.2 Å². The second-order valence-corrected chi connectivity index (χ2v) is 5.60. The summed E-state index contributed by atoms with van der Waals surface area (Å²) in [6.45, 7) is 2.21. The molecule has 2 aliphatic rings. The van der Waals surface area contributed by atoms with Crippen molar-refractivity contribution >= 4 is 0 Å². The monoisotopic (exact) mass is 297 g/mol. The first-order valence-electron chi connectivity index (χ1n) is 7.65. The van der Waals surface area contributed by atoms with Crippen LogP contribution in [0.15, 0.2) is 36.4 Å². The standard InChI is InChI=1S/C18H19NO3/c1-20-14-4-2-12(3-5-14)18-15-11-17-16(21-8-9-22-17)10-13(15)6-7-19-18/h2-5,10-11,18-19H,6-9H2,1H3. The first-order valence-corrected chi connectivity index (χ1v) is 7.65. The van der Waals surface area contributed by atoms with Gasteiger partial charge in [0, 0.05) is 6.54 Å². The predicted octanol–water partition coefficient (Wildman–Crippen LogP) is 2.70. The molecule has 2 aromatic rings.